The first-order chi connectivity index (χ1) is 8.97. The fraction of sp³-hybridized carbons (Fsp3) is 0.647. The van der Waals surface area contributed by atoms with E-state index in [2.05, 4.69) is 49.9 Å². The molecule has 3 atom stereocenters. The Morgan fingerprint density at radius 3 is 2.47 bits per heavy atom. The van der Waals surface area contributed by atoms with Crippen molar-refractivity contribution in [3.63, 3.8) is 0 Å². The summed E-state index contributed by atoms with van der Waals surface area (Å²) in [5.74, 6) is 0.816. The lowest BCUT2D eigenvalue weighted by atomic mass is 9.80. The molecule has 0 saturated carbocycles. The monoisotopic (exact) mass is 258 g/mol. The Hall–Kier alpha value is -0.860. The Morgan fingerprint density at radius 2 is 1.84 bits per heavy atom. The number of fused-ring (bicyclic) bond motifs is 1. The summed E-state index contributed by atoms with van der Waals surface area (Å²) in [5.41, 5.74) is 9.57. The zero-order chi connectivity index (χ0) is 13.6. The van der Waals surface area contributed by atoms with Gasteiger partial charge in [-0.25, -0.2) is 0 Å². The molecule has 1 aliphatic heterocycles. The number of likely N-dealkylation sites (tertiary alicyclic amines) is 1. The molecule has 2 aliphatic rings. The van der Waals surface area contributed by atoms with Crippen molar-refractivity contribution in [2.75, 3.05) is 13.1 Å². The van der Waals surface area contributed by atoms with Gasteiger partial charge < -0.3 is 5.73 Å². The largest absolute Gasteiger partial charge is 0.324 e. The number of nitrogens with zero attached hydrogens (tertiary/aromatic N) is 1. The van der Waals surface area contributed by atoms with E-state index in [0.29, 0.717) is 11.5 Å². The van der Waals surface area contributed by atoms with E-state index in [-0.39, 0.29) is 6.04 Å². The highest BCUT2D eigenvalue weighted by atomic mass is 15.2. The molecule has 1 aliphatic carbocycles. The van der Waals surface area contributed by atoms with Gasteiger partial charge in [0, 0.05) is 18.6 Å². The van der Waals surface area contributed by atoms with Crippen molar-refractivity contribution < 1.29 is 0 Å². The van der Waals surface area contributed by atoms with Gasteiger partial charge in [0.25, 0.3) is 0 Å². The van der Waals surface area contributed by atoms with Crippen molar-refractivity contribution in [3.8, 4) is 0 Å². The number of hydrogen-bond acceptors (Lipinski definition) is 2. The van der Waals surface area contributed by atoms with Crippen molar-refractivity contribution >= 4 is 0 Å². The van der Waals surface area contributed by atoms with E-state index in [1.807, 2.05) is 0 Å². The third-order valence-corrected chi connectivity index (χ3v) is 5.12. The molecule has 1 aromatic carbocycles. The number of hydrogen-bond donors (Lipinski definition) is 1. The Morgan fingerprint density at radius 1 is 1.16 bits per heavy atom. The molecule has 3 unspecified atom stereocenters. The van der Waals surface area contributed by atoms with Crippen LogP contribution < -0.4 is 5.73 Å². The molecule has 0 aromatic heterocycles. The maximum Gasteiger partial charge on any atom is 0.0369 e. The van der Waals surface area contributed by atoms with Gasteiger partial charge in [-0.2, -0.15) is 0 Å². The Kier molecular flexibility index (Phi) is 3.18. The van der Waals surface area contributed by atoms with Gasteiger partial charge in [-0.15, -0.1) is 0 Å². The van der Waals surface area contributed by atoms with Gasteiger partial charge >= 0.3 is 0 Å². The highest BCUT2D eigenvalue weighted by Gasteiger charge is 2.38. The lowest BCUT2D eigenvalue weighted by Crippen LogP contribution is -2.28. The first kappa shape index (κ1) is 13.1. The lowest BCUT2D eigenvalue weighted by Gasteiger charge is -2.29. The van der Waals surface area contributed by atoms with E-state index in [9.17, 15) is 0 Å². The number of benzene rings is 1. The van der Waals surface area contributed by atoms with Crippen molar-refractivity contribution in [3.05, 3.63) is 35.4 Å². The summed E-state index contributed by atoms with van der Waals surface area (Å²) in [7, 11) is 0. The molecule has 19 heavy (non-hydrogen) atoms. The molecular formula is C17H26N2. The van der Waals surface area contributed by atoms with Gasteiger partial charge in [0.1, 0.15) is 0 Å². The van der Waals surface area contributed by atoms with Crippen LogP contribution in [0.2, 0.25) is 0 Å². The molecule has 1 fully saturated rings. The fourth-order valence-electron chi connectivity index (χ4n) is 3.77. The van der Waals surface area contributed by atoms with E-state index < -0.39 is 0 Å². The predicted molar refractivity (Wildman–Crippen MR) is 79.9 cm³/mol. The highest BCUT2D eigenvalue weighted by molar-refractivity contribution is 5.37. The van der Waals surface area contributed by atoms with Gasteiger partial charge in [-0.1, -0.05) is 45.0 Å². The van der Waals surface area contributed by atoms with Crippen molar-refractivity contribution in [1.82, 2.24) is 4.90 Å². The molecule has 0 spiro atoms. The van der Waals surface area contributed by atoms with Crippen LogP contribution in [0.15, 0.2) is 24.3 Å². The lowest BCUT2D eigenvalue weighted by molar-refractivity contribution is 0.191. The fourth-order valence-corrected chi connectivity index (χ4v) is 3.77. The summed E-state index contributed by atoms with van der Waals surface area (Å²) >= 11 is 0. The third kappa shape index (κ3) is 2.32. The van der Waals surface area contributed by atoms with Crippen LogP contribution in [0.3, 0.4) is 0 Å². The van der Waals surface area contributed by atoms with Gasteiger partial charge in [-0.05, 0) is 41.8 Å². The molecule has 1 heterocycles. The van der Waals surface area contributed by atoms with Crippen molar-refractivity contribution in [2.45, 2.75) is 45.7 Å². The second-order valence-electron chi connectivity index (χ2n) is 7.33. The minimum absolute atomic E-state index is 0.231. The Labute approximate surface area is 117 Å². The maximum absolute atomic E-state index is 6.30. The third-order valence-electron chi connectivity index (χ3n) is 5.12. The van der Waals surface area contributed by atoms with E-state index in [1.54, 1.807) is 0 Å². The van der Waals surface area contributed by atoms with E-state index in [4.69, 9.17) is 5.73 Å². The SMILES string of the molecule is CC(C)(C)C1CCN(C2CC(N)c3ccccc32)C1. The predicted octanol–water partition coefficient (Wildman–Crippen LogP) is 3.50. The molecule has 104 valence electrons. The van der Waals surface area contributed by atoms with Crippen LogP contribution in [-0.2, 0) is 0 Å². The quantitative estimate of drug-likeness (QED) is 0.835. The average Bonchev–Trinajstić information content (AvgIpc) is 2.94. The first-order valence-electron chi connectivity index (χ1n) is 7.55. The Balaban J connectivity index is 1.79. The average molecular weight is 258 g/mol. The Bertz CT molecular complexity index is 461. The summed E-state index contributed by atoms with van der Waals surface area (Å²) in [6.45, 7) is 9.57. The van der Waals surface area contributed by atoms with Gasteiger partial charge in [0.05, 0.1) is 0 Å². The van der Waals surface area contributed by atoms with Gasteiger partial charge in [0.15, 0.2) is 0 Å². The number of nitrogens with two attached hydrogens (primary N) is 1. The van der Waals surface area contributed by atoms with Crippen LogP contribution >= 0.6 is 0 Å². The minimum Gasteiger partial charge on any atom is -0.324 e. The summed E-state index contributed by atoms with van der Waals surface area (Å²) in [6.07, 6.45) is 2.42. The van der Waals surface area contributed by atoms with E-state index in [0.717, 1.165) is 12.3 Å². The van der Waals surface area contributed by atoms with Crippen LogP contribution in [0.5, 0.6) is 0 Å². The van der Waals surface area contributed by atoms with Crippen molar-refractivity contribution in [1.29, 1.82) is 0 Å². The van der Waals surface area contributed by atoms with Crippen LogP contribution in [0.4, 0.5) is 0 Å². The van der Waals surface area contributed by atoms with E-state index in [1.165, 1.54) is 30.6 Å². The van der Waals surface area contributed by atoms with Crippen LogP contribution in [0, 0.1) is 11.3 Å². The molecule has 2 heteroatoms. The normalized spacial score (nSPS) is 31.7. The molecule has 0 radical (unpaired) electrons. The maximum atomic E-state index is 6.30. The highest BCUT2D eigenvalue weighted by Crippen LogP contribution is 2.44. The number of rotatable bonds is 1. The summed E-state index contributed by atoms with van der Waals surface area (Å²) < 4.78 is 0. The molecule has 1 aromatic rings. The van der Waals surface area contributed by atoms with Gasteiger partial charge in [0.2, 0.25) is 0 Å². The zero-order valence-corrected chi connectivity index (χ0v) is 12.4. The topological polar surface area (TPSA) is 29.3 Å². The molecular weight excluding hydrogens is 232 g/mol. The molecule has 0 bridgehead atoms. The van der Waals surface area contributed by atoms with Crippen LogP contribution in [-0.4, -0.2) is 18.0 Å². The molecule has 1 saturated heterocycles. The molecule has 2 N–H and O–H groups in total. The minimum atomic E-state index is 0.231. The smallest absolute Gasteiger partial charge is 0.0369 e. The zero-order valence-electron chi connectivity index (χ0n) is 12.4. The molecule has 0 amide bonds. The first-order valence-corrected chi connectivity index (χ1v) is 7.55. The second kappa shape index (κ2) is 4.60. The molecule has 2 nitrogen and oxygen atoms in total. The van der Waals surface area contributed by atoms with Crippen LogP contribution in [0.1, 0.15) is 56.8 Å². The van der Waals surface area contributed by atoms with Crippen LogP contribution in [0.25, 0.3) is 0 Å². The van der Waals surface area contributed by atoms with Crippen molar-refractivity contribution in [2.24, 2.45) is 17.1 Å². The molecule has 3 rings (SSSR count). The summed E-state index contributed by atoms with van der Waals surface area (Å²) in [5, 5.41) is 0. The standard InChI is InChI=1S/C17H26N2/c1-17(2,3)12-8-9-19(11-12)16-10-15(18)13-6-4-5-7-14(13)16/h4-7,12,15-16H,8-11,18H2,1-3H3. The van der Waals surface area contributed by atoms with E-state index >= 15 is 0 Å². The summed E-state index contributed by atoms with van der Waals surface area (Å²) in [6, 6.07) is 9.53. The van der Waals surface area contributed by atoms with Gasteiger partial charge in [-0.3, -0.25) is 4.90 Å². The second-order valence-corrected chi connectivity index (χ2v) is 7.33. The summed E-state index contributed by atoms with van der Waals surface area (Å²) in [4.78, 5) is 2.67.